The van der Waals surface area contributed by atoms with E-state index in [2.05, 4.69) is 15.9 Å². The Morgan fingerprint density at radius 3 is 2.56 bits per heavy atom. The molecule has 5 nitrogen and oxygen atoms in total. The van der Waals surface area contributed by atoms with Crippen LogP contribution in [-0.4, -0.2) is 29.7 Å². The lowest BCUT2D eigenvalue weighted by atomic mass is 10.0. The summed E-state index contributed by atoms with van der Waals surface area (Å²) in [6, 6.07) is 4.78. The van der Waals surface area contributed by atoms with Crippen LogP contribution in [0.15, 0.2) is 21.2 Å². The number of likely N-dealkylation sites (tertiary alicyclic amines) is 1. The Hall–Kier alpha value is -1.61. The minimum atomic E-state index is -1.30. The second-order valence-corrected chi connectivity index (χ2v) is 4.84. The number of ketones is 1. The van der Waals surface area contributed by atoms with E-state index in [4.69, 9.17) is 9.68 Å². The van der Waals surface area contributed by atoms with E-state index in [1.54, 1.807) is 17.0 Å². The molecule has 6 heteroatoms. The highest BCUT2D eigenvalue weighted by Crippen LogP contribution is 2.20. The van der Waals surface area contributed by atoms with E-state index in [0.717, 1.165) is 12.8 Å². The lowest BCUT2D eigenvalue weighted by Gasteiger charge is -2.17. The summed E-state index contributed by atoms with van der Waals surface area (Å²) in [5.74, 6) is -2.28. The van der Waals surface area contributed by atoms with Crippen molar-refractivity contribution in [3.8, 4) is 6.07 Å². The molecule has 1 fully saturated rings. The van der Waals surface area contributed by atoms with Gasteiger partial charge in [0.05, 0.1) is 6.07 Å². The molecule has 0 spiro atoms. The van der Waals surface area contributed by atoms with Crippen LogP contribution in [0.2, 0.25) is 0 Å². The summed E-state index contributed by atoms with van der Waals surface area (Å²) < 4.78 is 5.49. The molecule has 1 saturated heterocycles. The van der Waals surface area contributed by atoms with Crippen molar-refractivity contribution >= 4 is 27.6 Å². The lowest BCUT2D eigenvalue weighted by Crippen LogP contribution is -2.36. The normalized spacial score (nSPS) is 16.3. The number of amides is 1. The molecule has 2 rings (SSSR count). The molecule has 1 atom stereocenters. The molecule has 0 N–H and O–H groups in total. The number of Topliss-reactive ketones (excluding diaryl/α,β-unsaturated/α-hetero) is 1. The van der Waals surface area contributed by atoms with Gasteiger partial charge >= 0.3 is 0 Å². The Kier molecular flexibility index (Phi) is 3.82. The molecule has 1 unspecified atom stereocenters. The van der Waals surface area contributed by atoms with Crippen molar-refractivity contribution in [1.29, 1.82) is 5.26 Å². The van der Waals surface area contributed by atoms with Gasteiger partial charge in [-0.25, -0.2) is 0 Å². The maximum Gasteiger partial charge on any atom is 0.248 e. The number of rotatable bonds is 3. The summed E-state index contributed by atoms with van der Waals surface area (Å²) in [5.41, 5.74) is 0. The van der Waals surface area contributed by atoms with Crippen molar-refractivity contribution in [3.63, 3.8) is 0 Å². The standard InChI is InChI=1S/C12H11BrN2O3/c13-10-4-3-9(18-10)11(16)8(7-14)12(17)15-5-1-2-6-15/h3-4,8H,1-2,5-6H2. The molecule has 0 aromatic carbocycles. The summed E-state index contributed by atoms with van der Waals surface area (Å²) in [7, 11) is 0. The van der Waals surface area contributed by atoms with Crippen molar-refractivity contribution in [1.82, 2.24) is 4.90 Å². The Labute approximate surface area is 112 Å². The Morgan fingerprint density at radius 2 is 2.06 bits per heavy atom. The van der Waals surface area contributed by atoms with Gasteiger partial charge < -0.3 is 9.32 Å². The van der Waals surface area contributed by atoms with E-state index >= 15 is 0 Å². The number of furan rings is 1. The van der Waals surface area contributed by atoms with Crippen LogP contribution in [0.4, 0.5) is 0 Å². The quantitative estimate of drug-likeness (QED) is 0.632. The molecule has 0 saturated carbocycles. The Bertz CT molecular complexity index is 512. The number of nitrogens with zero attached hydrogens (tertiary/aromatic N) is 2. The fourth-order valence-electron chi connectivity index (χ4n) is 1.94. The predicted octanol–water partition coefficient (Wildman–Crippen LogP) is 1.99. The molecule has 0 bridgehead atoms. The van der Waals surface area contributed by atoms with E-state index in [-0.39, 0.29) is 5.76 Å². The van der Waals surface area contributed by atoms with Crippen LogP contribution in [0.5, 0.6) is 0 Å². The van der Waals surface area contributed by atoms with Crippen LogP contribution >= 0.6 is 15.9 Å². The van der Waals surface area contributed by atoms with Crippen LogP contribution in [-0.2, 0) is 4.79 Å². The van der Waals surface area contributed by atoms with Crippen LogP contribution in [0, 0.1) is 17.2 Å². The van der Waals surface area contributed by atoms with Gasteiger partial charge in [-0.1, -0.05) is 0 Å². The maximum absolute atomic E-state index is 12.0. The fraction of sp³-hybridized carbons (Fsp3) is 0.417. The zero-order valence-corrected chi connectivity index (χ0v) is 11.1. The van der Waals surface area contributed by atoms with Crippen molar-refractivity contribution in [2.75, 3.05) is 13.1 Å². The highest BCUT2D eigenvalue weighted by Gasteiger charge is 2.34. The van der Waals surface area contributed by atoms with Crippen molar-refractivity contribution in [2.45, 2.75) is 12.8 Å². The fourth-order valence-corrected chi connectivity index (χ4v) is 2.24. The third-order valence-corrected chi connectivity index (χ3v) is 3.30. The first kappa shape index (κ1) is 12.8. The number of nitriles is 1. The first-order valence-electron chi connectivity index (χ1n) is 5.61. The molecule has 0 aliphatic carbocycles. The van der Waals surface area contributed by atoms with Crippen molar-refractivity contribution < 1.29 is 14.0 Å². The van der Waals surface area contributed by atoms with Gasteiger partial charge in [0.25, 0.3) is 0 Å². The molecular weight excluding hydrogens is 300 g/mol. The zero-order chi connectivity index (χ0) is 13.1. The lowest BCUT2D eigenvalue weighted by molar-refractivity contribution is -0.131. The van der Waals surface area contributed by atoms with E-state index in [1.807, 2.05) is 0 Å². The molecule has 1 aromatic heterocycles. The molecular formula is C12H11BrN2O3. The topological polar surface area (TPSA) is 74.3 Å². The van der Waals surface area contributed by atoms with Gasteiger partial charge in [-0.3, -0.25) is 9.59 Å². The number of carbonyl (C=O) groups excluding carboxylic acids is 2. The molecule has 94 valence electrons. The Morgan fingerprint density at radius 1 is 1.39 bits per heavy atom. The highest BCUT2D eigenvalue weighted by atomic mass is 79.9. The number of hydrogen-bond donors (Lipinski definition) is 0. The minimum Gasteiger partial charge on any atom is -0.446 e. The SMILES string of the molecule is N#CC(C(=O)c1ccc(Br)o1)C(=O)N1CCCC1. The second-order valence-electron chi connectivity index (χ2n) is 4.06. The first-order valence-corrected chi connectivity index (χ1v) is 6.40. The Balaban J connectivity index is 2.16. The van der Waals surface area contributed by atoms with Gasteiger partial charge in [0.15, 0.2) is 16.3 Å². The average molecular weight is 311 g/mol. The van der Waals surface area contributed by atoms with E-state index < -0.39 is 17.6 Å². The first-order chi connectivity index (χ1) is 8.63. The third-order valence-electron chi connectivity index (χ3n) is 2.87. The molecule has 1 aromatic rings. The molecule has 18 heavy (non-hydrogen) atoms. The highest BCUT2D eigenvalue weighted by molar-refractivity contribution is 9.10. The summed E-state index contributed by atoms with van der Waals surface area (Å²) >= 11 is 3.08. The van der Waals surface area contributed by atoms with Crippen molar-refractivity contribution in [3.05, 3.63) is 22.6 Å². The van der Waals surface area contributed by atoms with E-state index in [1.165, 1.54) is 6.07 Å². The molecule has 1 aliphatic heterocycles. The average Bonchev–Trinajstić information content (AvgIpc) is 3.00. The summed E-state index contributed by atoms with van der Waals surface area (Å²) in [5, 5.41) is 9.02. The monoisotopic (exact) mass is 310 g/mol. The van der Waals surface area contributed by atoms with E-state index in [9.17, 15) is 9.59 Å². The smallest absolute Gasteiger partial charge is 0.248 e. The summed E-state index contributed by atoms with van der Waals surface area (Å²) in [6.07, 6.45) is 1.84. The molecule has 0 radical (unpaired) electrons. The zero-order valence-electron chi connectivity index (χ0n) is 9.56. The van der Waals surface area contributed by atoms with Gasteiger partial charge in [0.2, 0.25) is 11.7 Å². The third kappa shape index (κ3) is 2.46. The molecule has 2 heterocycles. The van der Waals surface area contributed by atoms with Crippen LogP contribution in [0.1, 0.15) is 23.4 Å². The van der Waals surface area contributed by atoms with Gasteiger partial charge in [0, 0.05) is 13.1 Å². The number of halogens is 1. The van der Waals surface area contributed by atoms with Gasteiger partial charge in [-0.2, -0.15) is 5.26 Å². The van der Waals surface area contributed by atoms with Gasteiger partial charge in [-0.15, -0.1) is 0 Å². The summed E-state index contributed by atoms with van der Waals surface area (Å²) in [4.78, 5) is 25.6. The van der Waals surface area contributed by atoms with Gasteiger partial charge in [-0.05, 0) is 40.9 Å². The summed E-state index contributed by atoms with van der Waals surface area (Å²) in [6.45, 7) is 1.23. The largest absolute Gasteiger partial charge is 0.446 e. The molecule has 1 aliphatic rings. The minimum absolute atomic E-state index is 0.0287. The van der Waals surface area contributed by atoms with Crippen LogP contribution < -0.4 is 0 Å². The number of carbonyl (C=O) groups is 2. The van der Waals surface area contributed by atoms with E-state index in [0.29, 0.717) is 17.8 Å². The second kappa shape index (κ2) is 5.36. The maximum atomic E-state index is 12.0. The van der Waals surface area contributed by atoms with Crippen LogP contribution in [0.3, 0.4) is 0 Å². The van der Waals surface area contributed by atoms with Gasteiger partial charge in [0.1, 0.15) is 0 Å². The molecule has 1 amide bonds. The van der Waals surface area contributed by atoms with Crippen molar-refractivity contribution in [2.24, 2.45) is 5.92 Å². The van der Waals surface area contributed by atoms with Crippen LogP contribution in [0.25, 0.3) is 0 Å². The number of hydrogen-bond acceptors (Lipinski definition) is 4. The predicted molar refractivity (Wildman–Crippen MR) is 65.7 cm³/mol.